The fraction of sp³-hybridized carbons (Fsp3) is 0.412. The van der Waals surface area contributed by atoms with E-state index in [1.807, 2.05) is 0 Å². The average Bonchev–Trinajstić information content (AvgIpc) is 2.70. The zero-order valence-electron chi connectivity index (χ0n) is 14.8. The number of piperidine rings is 1. The van der Waals surface area contributed by atoms with Gasteiger partial charge in [-0.1, -0.05) is 23.2 Å². The van der Waals surface area contributed by atoms with Gasteiger partial charge in [-0.2, -0.15) is 0 Å². The minimum absolute atomic E-state index is 0.189. The first kappa shape index (κ1) is 18.8. The molecule has 4 heterocycles. The van der Waals surface area contributed by atoms with Gasteiger partial charge in [0.05, 0.1) is 22.3 Å². The molecule has 2 N–H and O–H groups in total. The predicted octanol–water partition coefficient (Wildman–Crippen LogP) is 3.26. The van der Waals surface area contributed by atoms with E-state index in [4.69, 9.17) is 33.0 Å². The number of likely N-dealkylation sites (tertiary alicyclic amines) is 1. The summed E-state index contributed by atoms with van der Waals surface area (Å²) in [6.07, 6.45) is 5.04. The van der Waals surface area contributed by atoms with E-state index in [-0.39, 0.29) is 6.04 Å². The molecular weight excluding hydrogens is 407 g/mol. The van der Waals surface area contributed by atoms with Crippen LogP contribution < -0.4 is 15.0 Å². The fourth-order valence-corrected chi connectivity index (χ4v) is 3.98. The average molecular weight is 425 g/mol. The Kier molecular flexibility index (Phi) is 5.27. The van der Waals surface area contributed by atoms with Crippen LogP contribution in [0, 0.1) is 0 Å². The van der Waals surface area contributed by atoms with E-state index in [1.54, 1.807) is 0 Å². The van der Waals surface area contributed by atoms with Crippen LogP contribution in [0.25, 0.3) is 0 Å². The highest BCUT2D eigenvalue weighted by molar-refractivity contribution is 6.39. The number of aromatic nitrogens is 3. The van der Waals surface area contributed by atoms with Crippen molar-refractivity contribution in [1.82, 2.24) is 19.9 Å². The molecule has 2 aliphatic heterocycles. The van der Waals surface area contributed by atoms with Crippen molar-refractivity contribution in [3.05, 3.63) is 28.8 Å². The highest BCUT2D eigenvalue weighted by atomic mass is 35.5. The number of amides is 1. The van der Waals surface area contributed by atoms with Crippen LogP contribution in [0.1, 0.15) is 12.8 Å². The van der Waals surface area contributed by atoms with E-state index in [1.165, 1.54) is 23.6 Å². The van der Waals surface area contributed by atoms with Crippen molar-refractivity contribution in [3.63, 3.8) is 0 Å². The monoisotopic (exact) mass is 424 g/mol. The lowest BCUT2D eigenvalue weighted by Crippen LogP contribution is -2.49. The smallest absolute Gasteiger partial charge is 0.407 e. The number of anilines is 3. The van der Waals surface area contributed by atoms with Crippen LogP contribution in [0.2, 0.25) is 10.0 Å². The minimum atomic E-state index is -0.874. The van der Waals surface area contributed by atoms with Crippen molar-refractivity contribution in [2.75, 3.05) is 36.5 Å². The van der Waals surface area contributed by atoms with Crippen LogP contribution in [-0.4, -0.2) is 63.3 Å². The Morgan fingerprint density at radius 1 is 1.18 bits per heavy atom. The normalized spacial score (nSPS) is 17.1. The van der Waals surface area contributed by atoms with E-state index in [2.05, 4.69) is 25.2 Å². The molecule has 0 aromatic carbocycles. The van der Waals surface area contributed by atoms with Gasteiger partial charge in [-0.3, -0.25) is 4.98 Å². The number of nitrogens with one attached hydrogen (secondary N) is 1. The first-order chi connectivity index (χ1) is 13.5. The molecule has 2 aliphatic rings. The highest BCUT2D eigenvalue weighted by Crippen LogP contribution is 2.40. The maximum Gasteiger partial charge on any atom is 0.407 e. The summed E-state index contributed by atoms with van der Waals surface area (Å²) in [4.78, 5) is 27.4. The highest BCUT2D eigenvalue weighted by Gasteiger charge is 2.32. The summed E-state index contributed by atoms with van der Waals surface area (Å²) in [6.45, 7) is 2.17. The third-order valence-electron chi connectivity index (χ3n) is 4.91. The molecule has 9 nitrogen and oxygen atoms in total. The molecule has 2 aromatic rings. The van der Waals surface area contributed by atoms with E-state index >= 15 is 0 Å². The van der Waals surface area contributed by atoms with Gasteiger partial charge in [0.2, 0.25) is 5.75 Å². The number of carboxylic acid groups (broad SMARTS) is 1. The maximum atomic E-state index is 11.1. The van der Waals surface area contributed by atoms with Gasteiger partial charge < -0.3 is 25.0 Å². The number of hydrogen-bond acceptors (Lipinski definition) is 7. The van der Waals surface area contributed by atoms with Crippen molar-refractivity contribution < 1.29 is 14.6 Å². The van der Waals surface area contributed by atoms with Crippen LogP contribution in [0.4, 0.5) is 22.1 Å². The van der Waals surface area contributed by atoms with E-state index in [9.17, 15) is 4.79 Å². The standard InChI is InChI=1S/C17H18Cl2N6O3/c18-11-7-20-8-12(19)13(11)23-15-14-16(22-9-21-15)25(5-6-28-14)10-1-3-24(4-2-10)17(26)27/h7-10H,1-6H2,(H,26,27)(H,20,21,22,23). The summed E-state index contributed by atoms with van der Waals surface area (Å²) in [7, 11) is 0. The van der Waals surface area contributed by atoms with Gasteiger partial charge in [0.25, 0.3) is 0 Å². The lowest BCUT2D eigenvalue weighted by Gasteiger charge is -2.40. The number of halogens is 2. The van der Waals surface area contributed by atoms with Gasteiger partial charge in [0.15, 0.2) is 11.6 Å². The van der Waals surface area contributed by atoms with Crippen molar-refractivity contribution in [2.24, 2.45) is 0 Å². The second kappa shape index (κ2) is 7.84. The first-order valence-corrected chi connectivity index (χ1v) is 9.58. The Morgan fingerprint density at radius 3 is 2.57 bits per heavy atom. The molecule has 0 atom stereocenters. The quantitative estimate of drug-likeness (QED) is 0.773. The molecule has 28 heavy (non-hydrogen) atoms. The molecule has 0 unspecified atom stereocenters. The summed E-state index contributed by atoms with van der Waals surface area (Å²) < 4.78 is 5.85. The van der Waals surface area contributed by atoms with E-state index in [0.717, 1.165) is 12.8 Å². The third-order valence-corrected chi connectivity index (χ3v) is 5.48. The zero-order valence-corrected chi connectivity index (χ0v) is 16.3. The molecule has 1 saturated heterocycles. The predicted molar refractivity (Wildman–Crippen MR) is 105 cm³/mol. The Bertz CT molecular complexity index is 871. The molecule has 0 bridgehead atoms. The lowest BCUT2D eigenvalue weighted by atomic mass is 10.0. The topological polar surface area (TPSA) is 104 Å². The molecule has 1 amide bonds. The number of fused-ring (bicyclic) bond motifs is 1. The van der Waals surface area contributed by atoms with E-state index < -0.39 is 6.09 Å². The van der Waals surface area contributed by atoms with Crippen LogP contribution in [-0.2, 0) is 0 Å². The Morgan fingerprint density at radius 2 is 1.89 bits per heavy atom. The Balaban J connectivity index is 1.59. The molecule has 0 radical (unpaired) electrons. The molecule has 4 rings (SSSR count). The summed E-state index contributed by atoms with van der Waals surface area (Å²) >= 11 is 12.4. The second-order valence-electron chi connectivity index (χ2n) is 6.52. The number of ether oxygens (including phenoxy) is 1. The number of nitrogens with zero attached hydrogens (tertiary/aromatic N) is 5. The minimum Gasteiger partial charge on any atom is -0.485 e. The van der Waals surface area contributed by atoms with Crippen molar-refractivity contribution >= 4 is 46.6 Å². The van der Waals surface area contributed by atoms with Gasteiger partial charge in [-0.25, -0.2) is 14.8 Å². The second-order valence-corrected chi connectivity index (χ2v) is 7.34. The van der Waals surface area contributed by atoms with Gasteiger partial charge in [-0.05, 0) is 12.8 Å². The first-order valence-electron chi connectivity index (χ1n) is 8.83. The zero-order chi connectivity index (χ0) is 19.7. The Hall–Kier alpha value is -2.52. The van der Waals surface area contributed by atoms with Crippen LogP contribution >= 0.6 is 23.2 Å². The van der Waals surface area contributed by atoms with E-state index in [0.29, 0.717) is 59.4 Å². The largest absolute Gasteiger partial charge is 0.485 e. The van der Waals surface area contributed by atoms with Gasteiger partial charge >= 0.3 is 6.09 Å². The molecule has 11 heteroatoms. The number of pyridine rings is 1. The van der Waals surface area contributed by atoms with Gasteiger partial charge in [0, 0.05) is 31.5 Å². The molecule has 0 saturated carbocycles. The molecule has 2 aromatic heterocycles. The van der Waals surface area contributed by atoms with Crippen molar-refractivity contribution in [3.8, 4) is 5.75 Å². The fourth-order valence-electron chi connectivity index (χ4n) is 3.52. The molecule has 148 valence electrons. The number of carbonyl (C=O) groups is 1. The summed E-state index contributed by atoms with van der Waals surface area (Å²) in [5.41, 5.74) is 0.495. The Labute approximate surface area is 171 Å². The van der Waals surface area contributed by atoms with Gasteiger partial charge in [-0.15, -0.1) is 0 Å². The van der Waals surface area contributed by atoms with Crippen LogP contribution in [0.15, 0.2) is 18.7 Å². The summed E-state index contributed by atoms with van der Waals surface area (Å²) in [5, 5.41) is 13.0. The van der Waals surface area contributed by atoms with Crippen LogP contribution in [0.3, 0.4) is 0 Å². The number of rotatable bonds is 3. The third kappa shape index (κ3) is 3.59. The van der Waals surface area contributed by atoms with Gasteiger partial charge in [0.1, 0.15) is 12.9 Å². The molecular formula is C17H18Cl2N6O3. The van der Waals surface area contributed by atoms with Crippen molar-refractivity contribution in [1.29, 1.82) is 0 Å². The molecule has 1 fully saturated rings. The lowest BCUT2D eigenvalue weighted by molar-refractivity contribution is 0.130. The maximum absolute atomic E-state index is 11.1. The molecule has 0 spiro atoms. The van der Waals surface area contributed by atoms with Crippen LogP contribution in [0.5, 0.6) is 5.75 Å². The summed E-state index contributed by atoms with van der Waals surface area (Å²) in [5.74, 6) is 1.67. The van der Waals surface area contributed by atoms with Crippen molar-refractivity contribution in [2.45, 2.75) is 18.9 Å². The SMILES string of the molecule is O=C(O)N1CCC(N2CCOc3c(Nc4c(Cl)cncc4Cl)ncnc32)CC1. The molecule has 0 aliphatic carbocycles. The summed E-state index contributed by atoms with van der Waals surface area (Å²) in [6, 6.07) is 0.189. The number of hydrogen-bond donors (Lipinski definition) is 2.